The second-order valence-corrected chi connectivity index (χ2v) is 6.38. The normalized spacial score (nSPS) is 17.8. The largest absolute Gasteiger partial charge is 0.344 e. The molecule has 1 amide bonds. The summed E-state index contributed by atoms with van der Waals surface area (Å²) in [5.41, 5.74) is -0.586. The molecule has 0 saturated heterocycles. The van der Waals surface area contributed by atoms with Gasteiger partial charge in [0.2, 0.25) is 11.8 Å². The molecule has 1 aliphatic carbocycles. The van der Waals surface area contributed by atoms with Crippen LogP contribution in [-0.2, 0) is 16.8 Å². The first-order chi connectivity index (χ1) is 9.47. The second kappa shape index (κ2) is 6.37. The third-order valence-corrected chi connectivity index (χ3v) is 3.95. The predicted molar refractivity (Wildman–Crippen MR) is 76.0 cm³/mol. The number of carbonyl (C=O) groups is 1. The molecule has 0 atom stereocenters. The van der Waals surface area contributed by atoms with Crippen molar-refractivity contribution in [2.75, 3.05) is 0 Å². The van der Waals surface area contributed by atoms with Gasteiger partial charge in [-0.25, -0.2) is 0 Å². The average molecular weight is 279 g/mol. The lowest BCUT2D eigenvalue weighted by atomic mass is 9.96. The molecular weight excluding hydrogens is 254 g/mol. The van der Waals surface area contributed by atoms with Gasteiger partial charge >= 0.3 is 0 Å². The van der Waals surface area contributed by atoms with Gasteiger partial charge in [-0.2, -0.15) is 4.98 Å². The zero-order chi connectivity index (χ0) is 14.6. The molecule has 0 spiro atoms. The topological polar surface area (TPSA) is 68.0 Å². The van der Waals surface area contributed by atoms with Crippen molar-refractivity contribution in [1.82, 2.24) is 15.5 Å². The Morgan fingerprint density at radius 3 is 2.55 bits per heavy atom. The van der Waals surface area contributed by atoms with Crippen molar-refractivity contribution in [2.45, 2.75) is 71.3 Å². The first kappa shape index (κ1) is 15.0. The van der Waals surface area contributed by atoms with Crippen molar-refractivity contribution >= 4 is 5.91 Å². The zero-order valence-electron chi connectivity index (χ0n) is 12.7. The third kappa shape index (κ3) is 4.05. The van der Waals surface area contributed by atoms with Crippen LogP contribution in [0.2, 0.25) is 0 Å². The molecule has 0 aromatic carbocycles. The molecule has 0 radical (unpaired) electrons. The summed E-state index contributed by atoms with van der Waals surface area (Å²) in [6.07, 6.45) is 8.69. The minimum atomic E-state index is -0.586. The zero-order valence-corrected chi connectivity index (χ0v) is 12.7. The Morgan fingerprint density at radius 1 is 1.30 bits per heavy atom. The Balaban J connectivity index is 1.99. The minimum absolute atomic E-state index is 0.0925. The van der Waals surface area contributed by atoms with E-state index in [0.717, 1.165) is 6.42 Å². The van der Waals surface area contributed by atoms with E-state index in [4.69, 9.17) is 4.52 Å². The molecule has 1 saturated carbocycles. The molecule has 5 nitrogen and oxygen atoms in total. The summed E-state index contributed by atoms with van der Waals surface area (Å²) in [6.45, 7) is 5.26. The number of hydrogen-bond acceptors (Lipinski definition) is 4. The Hall–Kier alpha value is -1.39. The van der Waals surface area contributed by atoms with Crippen molar-refractivity contribution in [3.8, 4) is 0 Å². The Labute approximate surface area is 120 Å². The number of nitrogens with zero attached hydrogens (tertiary/aromatic N) is 2. The van der Waals surface area contributed by atoms with E-state index in [2.05, 4.69) is 15.5 Å². The van der Waals surface area contributed by atoms with Crippen LogP contribution in [0.4, 0.5) is 0 Å². The van der Waals surface area contributed by atoms with E-state index in [9.17, 15) is 4.79 Å². The fraction of sp³-hybridized carbons (Fsp3) is 0.800. The van der Waals surface area contributed by atoms with E-state index < -0.39 is 5.54 Å². The molecule has 1 N–H and O–H groups in total. The summed E-state index contributed by atoms with van der Waals surface area (Å²) in [4.78, 5) is 15.7. The molecule has 1 aromatic heterocycles. The number of hydrogen-bond donors (Lipinski definition) is 1. The number of aromatic nitrogens is 2. The summed E-state index contributed by atoms with van der Waals surface area (Å²) < 4.78 is 5.36. The maximum absolute atomic E-state index is 11.2. The average Bonchev–Trinajstić information content (AvgIpc) is 2.66. The summed E-state index contributed by atoms with van der Waals surface area (Å²) in [5.74, 6) is 1.82. The molecule has 1 aromatic rings. The quantitative estimate of drug-likeness (QED) is 0.860. The van der Waals surface area contributed by atoms with Crippen LogP contribution in [-0.4, -0.2) is 16.0 Å². The molecular formula is C15H25N3O2. The van der Waals surface area contributed by atoms with Gasteiger partial charge in [-0.15, -0.1) is 0 Å². The molecule has 0 bridgehead atoms. The summed E-state index contributed by atoms with van der Waals surface area (Å²) in [7, 11) is 0. The third-order valence-electron chi connectivity index (χ3n) is 3.95. The standard InChI is InChI=1S/C15H25N3O2/c1-11(19)17-15(2,3)14-16-13(20-18-14)10-12-8-6-4-5-7-9-12/h12H,4-10H2,1-3H3,(H,17,19). The summed E-state index contributed by atoms with van der Waals surface area (Å²) in [5, 5.41) is 6.87. The Kier molecular flexibility index (Phi) is 4.78. The second-order valence-electron chi connectivity index (χ2n) is 6.38. The van der Waals surface area contributed by atoms with Crippen LogP contribution in [0.1, 0.15) is 71.0 Å². The summed E-state index contributed by atoms with van der Waals surface area (Å²) >= 11 is 0. The van der Waals surface area contributed by atoms with Crippen LogP contribution in [0, 0.1) is 5.92 Å². The van der Waals surface area contributed by atoms with Crippen molar-refractivity contribution in [1.29, 1.82) is 0 Å². The number of amides is 1. The van der Waals surface area contributed by atoms with E-state index in [-0.39, 0.29) is 5.91 Å². The van der Waals surface area contributed by atoms with Gasteiger partial charge in [0, 0.05) is 13.3 Å². The lowest BCUT2D eigenvalue weighted by molar-refractivity contribution is -0.120. The van der Waals surface area contributed by atoms with E-state index in [1.54, 1.807) is 0 Å². The molecule has 1 fully saturated rings. The van der Waals surface area contributed by atoms with Crippen LogP contribution in [0.3, 0.4) is 0 Å². The van der Waals surface area contributed by atoms with Crippen molar-refractivity contribution < 1.29 is 9.32 Å². The smallest absolute Gasteiger partial charge is 0.227 e. The lowest BCUT2D eigenvalue weighted by Gasteiger charge is -2.20. The fourth-order valence-electron chi connectivity index (χ4n) is 2.90. The number of rotatable bonds is 4. The maximum atomic E-state index is 11.2. The fourth-order valence-corrected chi connectivity index (χ4v) is 2.90. The van der Waals surface area contributed by atoms with Crippen molar-refractivity contribution in [3.63, 3.8) is 0 Å². The molecule has 0 unspecified atom stereocenters. The van der Waals surface area contributed by atoms with Gasteiger partial charge < -0.3 is 9.84 Å². The number of nitrogens with one attached hydrogen (secondary N) is 1. The van der Waals surface area contributed by atoms with Gasteiger partial charge in [0.1, 0.15) is 0 Å². The summed E-state index contributed by atoms with van der Waals surface area (Å²) in [6, 6.07) is 0. The van der Waals surface area contributed by atoms with Gasteiger partial charge in [0.15, 0.2) is 5.82 Å². The van der Waals surface area contributed by atoms with Gasteiger partial charge in [-0.1, -0.05) is 30.8 Å². The molecule has 112 valence electrons. The minimum Gasteiger partial charge on any atom is -0.344 e. The molecule has 2 rings (SSSR count). The van der Waals surface area contributed by atoms with E-state index >= 15 is 0 Å². The highest BCUT2D eigenvalue weighted by molar-refractivity contribution is 5.73. The molecule has 0 aliphatic heterocycles. The molecule has 1 aliphatic rings. The molecule has 20 heavy (non-hydrogen) atoms. The highest BCUT2D eigenvalue weighted by Gasteiger charge is 2.28. The number of carbonyl (C=O) groups excluding carboxylic acids is 1. The van der Waals surface area contributed by atoms with Crippen LogP contribution in [0.15, 0.2) is 4.52 Å². The predicted octanol–water partition coefficient (Wildman–Crippen LogP) is 2.95. The molecule has 5 heteroatoms. The van der Waals surface area contributed by atoms with Crippen LogP contribution < -0.4 is 5.32 Å². The SMILES string of the molecule is CC(=O)NC(C)(C)c1noc(CC2CCCCCC2)n1. The van der Waals surface area contributed by atoms with Crippen LogP contribution in [0.25, 0.3) is 0 Å². The highest BCUT2D eigenvalue weighted by Crippen LogP contribution is 2.26. The first-order valence-corrected chi connectivity index (χ1v) is 7.59. The van der Waals surface area contributed by atoms with E-state index in [1.165, 1.54) is 45.4 Å². The van der Waals surface area contributed by atoms with E-state index in [1.807, 2.05) is 13.8 Å². The van der Waals surface area contributed by atoms with Crippen molar-refractivity contribution in [3.05, 3.63) is 11.7 Å². The van der Waals surface area contributed by atoms with Gasteiger partial charge in [0.25, 0.3) is 0 Å². The Morgan fingerprint density at radius 2 is 1.95 bits per heavy atom. The van der Waals surface area contributed by atoms with Crippen LogP contribution in [0.5, 0.6) is 0 Å². The highest BCUT2D eigenvalue weighted by atomic mass is 16.5. The van der Waals surface area contributed by atoms with Crippen molar-refractivity contribution in [2.24, 2.45) is 5.92 Å². The van der Waals surface area contributed by atoms with Gasteiger partial charge in [0.05, 0.1) is 5.54 Å². The maximum Gasteiger partial charge on any atom is 0.227 e. The van der Waals surface area contributed by atoms with Gasteiger partial charge in [-0.05, 0) is 32.6 Å². The Bertz CT molecular complexity index is 446. The van der Waals surface area contributed by atoms with E-state index in [0.29, 0.717) is 17.6 Å². The lowest BCUT2D eigenvalue weighted by Crippen LogP contribution is -2.40. The monoisotopic (exact) mass is 279 g/mol. The van der Waals surface area contributed by atoms with Gasteiger partial charge in [-0.3, -0.25) is 4.79 Å². The van der Waals surface area contributed by atoms with Crippen LogP contribution >= 0.6 is 0 Å². The molecule has 1 heterocycles. The first-order valence-electron chi connectivity index (χ1n) is 7.59.